The fourth-order valence-corrected chi connectivity index (χ4v) is 1.49. The number of aromatic nitrogens is 1. The van der Waals surface area contributed by atoms with Crippen molar-refractivity contribution in [3.8, 4) is 0 Å². The van der Waals surface area contributed by atoms with E-state index in [0.717, 1.165) is 5.56 Å². The first kappa shape index (κ1) is 11.2. The molecule has 5 heteroatoms. The number of nitrogens with one attached hydrogen (secondary N) is 1. The van der Waals surface area contributed by atoms with E-state index in [-0.39, 0.29) is 5.91 Å². The van der Waals surface area contributed by atoms with Gasteiger partial charge in [-0.2, -0.15) is 0 Å². The van der Waals surface area contributed by atoms with Gasteiger partial charge in [0.05, 0.1) is 11.3 Å². The number of carbonyl (C=O) groups is 1. The second kappa shape index (κ2) is 4.29. The fourth-order valence-electron chi connectivity index (χ4n) is 1.49. The maximum atomic E-state index is 11.9. The number of nitrogen functional groups attached to an aromatic ring is 1. The van der Waals surface area contributed by atoms with Crippen LogP contribution in [0.1, 0.15) is 21.6 Å². The molecule has 0 aliphatic heterocycles. The van der Waals surface area contributed by atoms with Crippen LogP contribution in [-0.4, -0.2) is 11.1 Å². The van der Waals surface area contributed by atoms with Gasteiger partial charge >= 0.3 is 0 Å². The average Bonchev–Trinajstić information content (AvgIpc) is 2.63. The van der Waals surface area contributed by atoms with Gasteiger partial charge in [-0.25, -0.2) is 0 Å². The van der Waals surface area contributed by atoms with E-state index in [2.05, 4.69) is 10.5 Å². The van der Waals surface area contributed by atoms with Gasteiger partial charge in [0.25, 0.3) is 5.91 Å². The zero-order chi connectivity index (χ0) is 12.4. The van der Waals surface area contributed by atoms with Crippen molar-refractivity contribution in [3.05, 3.63) is 41.1 Å². The molecular formula is C12H13N3O2. The number of anilines is 2. The van der Waals surface area contributed by atoms with E-state index in [4.69, 9.17) is 10.3 Å². The van der Waals surface area contributed by atoms with E-state index in [1.807, 2.05) is 13.0 Å². The summed E-state index contributed by atoms with van der Waals surface area (Å²) in [6.07, 6.45) is 0. The van der Waals surface area contributed by atoms with E-state index in [0.29, 0.717) is 22.8 Å². The van der Waals surface area contributed by atoms with E-state index in [1.165, 1.54) is 0 Å². The zero-order valence-electron chi connectivity index (χ0n) is 9.65. The molecule has 0 saturated heterocycles. The molecule has 5 nitrogen and oxygen atoms in total. The third-order valence-electron chi connectivity index (χ3n) is 2.32. The van der Waals surface area contributed by atoms with Crippen molar-refractivity contribution < 1.29 is 9.32 Å². The highest BCUT2D eigenvalue weighted by molar-refractivity contribution is 6.07. The minimum Gasteiger partial charge on any atom is -0.398 e. The van der Waals surface area contributed by atoms with Crippen LogP contribution in [0.5, 0.6) is 0 Å². The van der Waals surface area contributed by atoms with Crippen molar-refractivity contribution >= 4 is 17.5 Å². The number of nitrogens with two attached hydrogens (primary N) is 1. The second-order valence-corrected chi connectivity index (χ2v) is 3.88. The molecule has 2 aromatic rings. The summed E-state index contributed by atoms with van der Waals surface area (Å²) in [4.78, 5) is 11.9. The van der Waals surface area contributed by atoms with Crippen LogP contribution >= 0.6 is 0 Å². The lowest BCUT2D eigenvalue weighted by Gasteiger charge is -2.05. The predicted molar refractivity (Wildman–Crippen MR) is 64.8 cm³/mol. The van der Waals surface area contributed by atoms with Crippen LogP contribution in [0.4, 0.5) is 11.6 Å². The molecule has 0 saturated carbocycles. The Morgan fingerprint density at radius 2 is 2.12 bits per heavy atom. The lowest BCUT2D eigenvalue weighted by molar-refractivity contribution is 0.102. The second-order valence-electron chi connectivity index (χ2n) is 3.88. The monoisotopic (exact) mass is 231 g/mol. The molecular weight excluding hydrogens is 218 g/mol. The molecule has 0 unspecified atom stereocenters. The summed E-state index contributed by atoms with van der Waals surface area (Å²) in [6.45, 7) is 3.69. The van der Waals surface area contributed by atoms with Crippen molar-refractivity contribution in [2.45, 2.75) is 13.8 Å². The Bertz CT molecular complexity index is 561. The molecule has 1 aromatic carbocycles. The molecule has 3 N–H and O–H groups in total. The molecule has 0 fully saturated rings. The van der Waals surface area contributed by atoms with Crippen LogP contribution in [0.2, 0.25) is 0 Å². The summed E-state index contributed by atoms with van der Waals surface area (Å²) in [5.41, 5.74) is 8.35. The molecule has 88 valence electrons. The summed E-state index contributed by atoms with van der Waals surface area (Å²) in [7, 11) is 0. The quantitative estimate of drug-likeness (QED) is 0.776. The first-order valence-electron chi connectivity index (χ1n) is 5.17. The van der Waals surface area contributed by atoms with Crippen LogP contribution < -0.4 is 11.1 Å². The summed E-state index contributed by atoms with van der Waals surface area (Å²) in [5, 5.41) is 6.27. The van der Waals surface area contributed by atoms with Crippen LogP contribution in [0.3, 0.4) is 0 Å². The maximum absolute atomic E-state index is 11.9. The van der Waals surface area contributed by atoms with Gasteiger partial charge in [0.15, 0.2) is 0 Å². The Morgan fingerprint density at radius 1 is 1.35 bits per heavy atom. The summed E-state index contributed by atoms with van der Waals surface area (Å²) in [6, 6.07) is 6.91. The molecule has 0 radical (unpaired) electrons. The molecule has 0 aliphatic carbocycles. The van der Waals surface area contributed by atoms with Gasteiger partial charge in [-0.1, -0.05) is 11.2 Å². The van der Waals surface area contributed by atoms with Gasteiger partial charge < -0.3 is 10.3 Å². The normalized spacial score (nSPS) is 10.2. The van der Waals surface area contributed by atoms with Crippen LogP contribution in [0, 0.1) is 13.8 Å². The number of hydrogen-bond donors (Lipinski definition) is 2. The third-order valence-corrected chi connectivity index (χ3v) is 2.32. The van der Waals surface area contributed by atoms with Crippen molar-refractivity contribution in [1.82, 2.24) is 5.16 Å². The van der Waals surface area contributed by atoms with E-state index in [1.54, 1.807) is 25.1 Å². The highest BCUT2D eigenvalue weighted by atomic mass is 16.5. The number of hydrogen-bond acceptors (Lipinski definition) is 4. The lowest BCUT2D eigenvalue weighted by atomic mass is 10.1. The molecule has 1 heterocycles. The number of carbonyl (C=O) groups excluding carboxylic acids is 1. The molecule has 0 spiro atoms. The van der Waals surface area contributed by atoms with Gasteiger partial charge in [0.1, 0.15) is 0 Å². The molecule has 1 aromatic heterocycles. The number of benzene rings is 1. The average molecular weight is 231 g/mol. The SMILES string of the molecule is Cc1ccc(C(=O)Nc2cc(C)no2)c(N)c1. The lowest BCUT2D eigenvalue weighted by Crippen LogP contribution is -2.13. The van der Waals surface area contributed by atoms with Gasteiger partial charge in [0.2, 0.25) is 5.88 Å². The highest BCUT2D eigenvalue weighted by Gasteiger charge is 2.11. The molecule has 1 amide bonds. The van der Waals surface area contributed by atoms with E-state index >= 15 is 0 Å². The Morgan fingerprint density at radius 3 is 2.71 bits per heavy atom. The number of amides is 1. The van der Waals surface area contributed by atoms with Crippen molar-refractivity contribution in [2.24, 2.45) is 0 Å². The minimum atomic E-state index is -0.307. The van der Waals surface area contributed by atoms with Crippen LogP contribution in [-0.2, 0) is 0 Å². The summed E-state index contributed by atoms with van der Waals surface area (Å²) >= 11 is 0. The van der Waals surface area contributed by atoms with Crippen LogP contribution in [0.25, 0.3) is 0 Å². The molecule has 17 heavy (non-hydrogen) atoms. The first-order valence-corrected chi connectivity index (χ1v) is 5.17. The van der Waals surface area contributed by atoms with Crippen molar-refractivity contribution in [2.75, 3.05) is 11.1 Å². The topological polar surface area (TPSA) is 81.2 Å². The number of aryl methyl sites for hydroxylation is 2. The Balaban J connectivity index is 2.20. The van der Waals surface area contributed by atoms with Gasteiger partial charge in [-0.15, -0.1) is 0 Å². The molecule has 0 aliphatic rings. The van der Waals surface area contributed by atoms with Crippen molar-refractivity contribution in [3.63, 3.8) is 0 Å². The fraction of sp³-hybridized carbons (Fsp3) is 0.167. The summed E-state index contributed by atoms with van der Waals surface area (Å²) in [5.74, 6) is 0.00567. The Hall–Kier alpha value is -2.30. The van der Waals surface area contributed by atoms with Crippen LogP contribution in [0.15, 0.2) is 28.8 Å². The molecule has 2 rings (SSSR count). The number of rotatable bonds is 2. The van der Waals surface area contributed by atoms with Crippen molar-refractivity contribution in [1.29, 1.82) is 0 Å². The van der Waals surface area contributed by atoms with Gasteiger partial charge in [-0.3, -0.25) is 10.1 Å². The third kappa shape index (κ3) is 2.44. The Labute approximate surface area is 98.6 Å². The smallest absolute Gasteiger partial charge is 0.260 e. The van der Waals surface area contributed by atoms with E-state index in [9.17, 15) is 4.79 Å². The largest absolute Gasteiger partial charge is 0.398 e. The van der Waals surface area contributed by atoms with Gasteiger partial charge in [-0.05, 0) is 31.5 Å². The summed E-state index contributed by atoms with van der Waals surface area (Å²) < 4.78 is 4.90. The standard InChI is InChI=1S/C12H13N3O2/c1-7-3-4-9(10(13)5-7)12(16)14-11-6-8(2)15-17-11/h3-6H,13H2,1-2H3,(H,14,16). The molecule has 0 bridgehead atoms. The zero-order valence-corrected chi connectivity index (χ0v) is 9.65. The van der Waals surface area contributed by atoms with Gasteiger partial charge in [0, 0.05) is 11.8 Å². The first-order chi connectivity index (χ1) is 8.06. The molecule has 0 atom stereocenters. The maximum Gasteiger partial charge on any atom is 0.260 e. The van der Waals surface area contributed by atoms with E-state index < -0.39 is 0 Å². The Kier molecular flexibility index (Phi) is 2.82. The minimum absolute atomic E-state index is 0.307. The predicted octanol–water partition coefficient (Wildman–Crippen LogP) is 2.13. The highest BCUT2D eigenvalue weighted by Crippen LogP contribution is 2.16. The number of nitrogens with zero attached hydrogens (tertiary/aromatic N) is 1.